The number of hydrogen-bond acceptors (Lipinski definition) is 3. The molecule has 0 unspecified atom stereocenters. The van der Waals surface area contributed by atoms with Crippen molar-refractivity contribution in [1.29, 1.82) is 0 Å². The van der Waals surface area contributed by atoms with Crippen molar-refractivity contribution in [2.24, 2.45) is 0 Å². The standard InChI is InChI=1S/C15H13FN2OS/c1-19-15-14-12(16)7-11(8-13(14)17-18-15)20-9-10-5-3-2-4-6-10/h2-8H,9H2,1H3,(H,17,18). The zero-order chi connectivity index (χ0) is 13.9. The van der Waals surface area contributed by atoms with Crippen LogP contribution in [0.5, 0.6) is 5.88 Å². The van der Waals surface area contributed by atoms with Crippen LogP contribution in [0.1, 0.15) is 5.56 Å². The third-order valence-corrected chi connectivity index (χ3v) is 4.04. The fourth-order valence-electron chi connectivity index (χ4n) is 2.03. The number of fused-ring (bicyclic) bond motifs is 1. The van der Waals surface area contributed by atoms with Crippen molar-refractivity contribution in [2.45, 2.75) is 10.6 Å². The van der Waals surface area contributed by atoms with E-state index in [1.54, 1.807) is 11.8 Å². The first-order valence-electron chi connectivity index (χ1n) is 6.16. The van der Waals surface area contributed by atoms with Gasteiger partial charge in [-0.3, -0.25) is 5.10 Å². The molecule has 0 fully saturated rings. The molecule has 3 nitrogen and oxygen atoms in total. The normalized spacial score (nSPS) is 10.9. The van der Waals surface area contributed by atoms with E-state index in [4.69, 9.17) is 4.74 Å². The van der Waals surface area contributed by atoms with Gasteiger partial charge < -0.3 is 4.74 Å². The van der Waals surface area contributed by atoms with Crippen molar-refractivity contribution in [3.63, 3.8) is 0 Å². The van der Waals surface area contributed by atoms with Gasteiger partial charge in [0, 0.05) is 10.6 Å². The highest BCUT2D eigenvalue weighted by molar-refractivity contribution is 7.98. The third kappa shape index (κ3) is 2.49. The molecule has 3 aromatic rings. The molecular formula is C15H13FN2OS. The fraction of sp³-hybridized carbons (Fsp3) is 0.133. The Morgan fingerprint density at radius 3 is 2.80 bits per heavy atom. The molecule has 0 bridgehead atoms. The van der Waals surface area contributed by atoms with E-state index in [1.807, 2.05) is 24.3 Å². The van der Waals surface area contributed by atoms with Gasteiger partial charge in [0.1, 0.15) is 5.82 Å². The molecule has 3 rings (SSSR count). The van der Waals surface area contributed by atoms with Crippen LogP contribution in [0.25, 0.3) is 10.9 Å². The summed E-state index contributed by atoms with van der Waals surface area (Å²) in [6.45, 7) is 0. The Kier molecular flexibility index (Phi) is 3.60. The number of halogens is 1. The van der Waals surface area contributed by atoms with Gasteiger partial charge in [-0.2, -0.15) is 0 Å². The summed E-state index contributed by atoms with van der Waals surface area (Å²) in [5, 5.41) is 7.13. The van der Waals surface area contributed by atoms with Crippen LogP contribution in [-0.4, -0.2) is 17.3 Å². The van der Waals surface area contributed by atoms with E-state index in [2.05, 4.69) is 22.3 Å². The molecule has 0 saturated heterocycles. The van der Waals surface area contributed by atoms with Crippen LogP contribution in [0, 0.1) is 5.82 Å². The maximum absolute atomic E-state index is 14.1. The number of aromatic nitrogens is 2. The quantitative estimate of drug-likeness (QED) is 0.737. The van der Waals surface area contributed by atoms with E-state index >= 15 is 0 Å². The second-order valence-corrected chi connectivity index (χ2v) is 5.38. The van der Waals surface area contributed by atoms with E-state index < -0.39 is 0 Å². The second-order valence-electron chi connectivity index (χ2n) is 4.33. The lowest BCUT2D eigenvalue weighted by Gasteiger charge is -2.03. The number of ether oxygens (including phenoxy) is 1. The van der Waals surface area contributed by atoms with E-state index in [0.717, 1.165) is 10.6 Å². The summed E-state index contributed by atoms with van der Waals surface area (Å²) >= 11 is 1.59. The van der Waals surface area contributed by atoms with E-state index in [9.17, 15) is 4.39 Å². The average molecular weight is 288 g/mol. The molecule has 2 aromatic carbocycles. The van der Waals surface area contributed by atoms with Crippen LogP contribution in [0.3, 0.4) is 0 Å². The minimum atomic E-state index is -0.316. The molecular weight excluding hydrogens is 275 g/mol. The van der Waals surface area contributed by atoms with Gasteiger partial charge in [-0.1, -0.05) is 30.3 Å². The van der Waals surface area contributed by atoms with Crippen molar-refractivity contribution < 1.29 is 9.13 Å². The minimum Gasteiger partial charge on any atom is -0.479 e. The van der Waals surface area contributed by atoms with Crippen LogP contribution in [0.4, 0.5) is 4.39 Å². The first kappa shape index (κ1) is 13.0. The van der Waals surface area contributed by atoms with E-state index in [-0.39, 0.29) is 11.7 Å². The molecule has 0 atom stereocenters. The SMILES string of the molecule is COc1n[nH]c2cc(SCc3ccccc3)cc(F)c12. The number of nitrogens with one attached hydrogen (secondary N) is 1. The number of nitrogens with zero attached hydrogens (tertiary/aromatic N) is 1. The van der Waals surface area contributed by atoms with Gasteiger partial charge >= 0.3 is 0 Å². The van der Waals surface area contributed by atoms with E-state index in [1.165, 1.54) is 18.7 Å². The van der Waals surface area contributed by atoms with Crippen molar-refractivity contribution >= 4 is 22.7 Å². The van der Waals surface area contributed by atoms with E-state index in [0.29, 0.717) is 10.9 Å². The predicted molar refractivity (Wildman–Crippen MR) is 78.6 cm³/mol. The van der Waals surface area contributed by atoms with Crippen LogP contribution in [0.2, 0.25) is 0 Å². The predicted octanol–water partition coefficient (Wildman–Crippen LogP) is 4.00. The van der Waals surface area contributed by atoms with Gasteiger partial charge in [-0.15, -0.1) is 16.9 Å². The van der Waals surface area contributed by atoms with Crippen LogP contribution in [0.15, 0.2) is 47.4 Å². The smallest absolute Gasteiger partial charge is 0.243 e. The number of thioether (sulfide) groups is 1. The molecule has 0 radical (unpaired) electrons. The summed E-state index contributed by atoms with van der Waals surface area (Å²) in [6.07, 6.45) is 0. The maximum Gasteiger partial charge on any atom is 0.243 e. The lowest BCUT2D eigenvalue weighted by Crippen LogP contribution is -1.86. The van der Waals surface area contributed by atoms with Crippen molar-refractivity contribution in [1.82, 2.24) is 10.2 Å². The van der Waals surface area contributed by atoms with Crippen molar-refractivity contribution in [3.8, 4) is 5.88 Å². The molecule has 0 aliphatic rings. The Morgan fingerprint density at radius 2 is 2.05 bits per heavy atom. The van der Waals surface area contributed by atoms with Crippen LogP contribution in [-0.2, 0) is 5.75 Å². The number of rotatable bonds is 4. The Balaban J connectivity index is 1.86. The molecule has 5 heteroatoms. The van der Waals surface area contributed by atoms with Crippen molar-refractivity contribution in [2.75, 3.05) is 7.11 Å². The topological polar surface area (TPSA) is 37.9 Å². The molecule has 0 saturated carbocycles. The molecule has 1 N–H and O–H groups in total. The molecule has 0 aliphatic carbocycles. The molecule has 0 aliphatic heterocycles. The summed E-state index contributed by atoms with van der Waals surface area (Å²) in [7, 11) is 1.48. The zero-order valence-corrected chi connectivity index (χ0v) is 11.7. The minimum absolute atomic E-state index is 0.289. The Labute approximate surface area is 120 Å². The Hall–Kier alpha value is -2.01. The summed E-state index contributed by atoms with van der Waals surface area (Å²) in [5.74, 6) is 0.776. The summed E-state index contributed by atoms with van der Waals surface area (Å²) < 4.78 is 19.1. The number of methoxy groups -OCH3 is 1. The molecule has 0 spiro atoms. The summed E-state index contributed by atoms with van der Waals surface area (Å²) in [6, 6.07) is 13.5. The number of H-pyrrole nitrogens is 1. The number of hydrogen-bond donors (Lipinski definition) is 1. The van der Waals surface area contributed by atoms with Gasteiger partial charge in [0.15, 0.2) is 0 Å². The van der Waals surface area contributed by atoms with Gasteiger partial charge in [-0.25, -0.2) is 4.39 Å². The zero-order valence-electron chi connectivity index (χ0n) is 10.9. The number of benzene rings is 2. The third-order valence-electron chi connectivity index (χ3n) is 3.00. The maximum atomic E-state index is 14.1. The van der Waals surface area contributed by atoms with Gasteiger partial charge in [-0.05, 0) is 17.7 Å². The summed E-state index contributed by atoms with van der Waals surface area (Å²) in [5.41, 5.74) is 1.86. The fourth-order valence-corrected chi connectivity index (χ4v) is 2.94. The average Bonchev–Trinajstić information content (AvgIpc) is 2.90. The second kappa shape index (κ2) is 5.54. The van der Waals surface area contributed by atoms with Gasteiger partial charge in [0.05, 0.1) is 18.0 Å². The van der Waals surface area contributed by atoms with Gasteiger partial charge in [0.2, 0.25) is 5.88 Å². The first-order chi connectivity index (χ1) is 9.78. The monoisotopic (exact) mass is 288 g/mol. The Bertz CT molecular complexity index is 727. The van der Waals surface area contributed by atoms with Gasteiger partial charge in [0.25, 0.3) is 0 Å². The highest BCUT2D eigenvalue weighted by Gasteiger charge is 2.12. The molecule has 1 aromatic heterocycles. The molecule has 102 valence electrons. The summed E-state index contributed by atoms with van der Waals surface area (Å²) in [4.78, 5) is 0.866. The lowest BCUT2D eigenvalue weighted by molar-refractivity contribution is 0.399. The van der Waals surface area contributed by atoms with Crippen LogP contribution >= 0.6 is 11.8 Å². The first-order valence-corrected chi connectivity index (χ1v) is 7.15. The molecule has 0 amide bonds. The van der Waals surface area contributed by atoms with Crippen LogP contribution < -0.4 is 4.74 Å². The lowest BCUT2D eigenvalue weighted by atomic mass is 10.2. The highest BCUT2D eigenvalue weighted by atomic mass is 32.2. The molecule has 1 heterocycles. The Morgan fingerprint density at radius 1 is 1.25 bits per heavy atom. The number of aromatic amines is 1. The largest absolute Gasteiger partial charge is 0.479 e. The molecule has 20 heavy (non-hydrogen) atoms. The highest BCUT2D eigenvalue weighted by Crippen LogP contribution is 2.31. The van der Waals surface area contributed by atoms with Crippen molar-refractivity contribution in [3.05, 3.63) is 53.8 Å².